The molecule has 4 heteroatoms. The van der Waals surface area contributed by atoms with Crippen molar-refractivity contribution in [1.82, 2.24) is 5.32 Å². The maximum Gasteiger partial charge on any atom is 0.327 e. The van der Waals surface area contributed by atoms with Gasteiger partial charge in [-0.25, -0.2) is 4.79 Å². The zero-order chi connectivity index (χ0) is 11.5. The summed E-state index contributed by atoms with van der Waals surface area (Å²) < 4.78 is 5.00. The third-order valence-corrected chi connectivity index (χ3v) is 2.70. The number of rotatable bonds is 2. The van der Waals surface area contributed by atoms with E-state index in [1.807, 2.05) is 0 Å². The van der Waals surface area contributed by atoms with Gasteiger partial charge in [0, 0.05) is 6.54 Å². The Labute approximate surface area is 94.2 Å². The van der Waals surface area contributed by atoms with E-state index in [4.69, 9.17) is 4.74 Å². The number of nitrogens with one attached hydrogen (secondary N) is 1. The largest absolute Gasteiger partial charge is 0.508 e. The fourth-order valence-electron chi connectivity index (χ4n) is 1.99. The third-order valence-electron chi connectivity index (χ3n) is 2.70. The molecule has 4 nitrogen and oxygen atoms in total. The second-order valence-corrected chi connectivity index (χ2v) is 3.77. The van der Waals surface area contributed by atoms with E-state index < -0.39 is 6.04 Å². The zero-order valence-corrected chi connectivity index (χ0v) is 9.19. The molecule has 0 aliphatic carbocycles. The van der Waals surface area contributed by atoms with Crippen LogP contribution in [0.2, 0.25) is 0 Å². The number of hydrogen-bond donors (Lipinski definition) is 2. The SMILES string of the molecule is CCOC(=O)[C@@H]1NCCc2cc(O)ccc21. The number of hydrogen-bond acceptors (Lipinski definition) is 4. The molecule has 0 radical (unpaired) electrons. The van der Waals surface area contributed by atoms with Gasteiger partial charge in [0.25, 0.3) is 0 Å². The summed E-state index contributed by atoms with van der Waals surface area (Å²) in [4.78, 5) is 11.7. The Bertz CT molecular complexity index is 403. The Balaban J connectivity index is 2.29. The minimum Gasteiger partial charge on any atom is -0.508 e. The Morgan fingerprint density at radius 1 is 1.62 bits per heavy atom. The Morgan fingerprint density at radius 3 is 3.19 bits per heavy atom. The molecule has 2 N–H and O–H groups in total. The predicted octanol–water partition coefficient (Wildman–Crippen LogP) is 1.14. The first-order valence-corrected chi connectivity index (χ1v) is 5.44. The van der Waals surface area contributed by atoms with Gasteiger partial charge in [0.15, 0.2) is 0 Å². The fourth-order valence-corrected chi connectivity index (χ4v) is 1.99. The van der Waals surface area contributed by atoms with Gasteiger partial charge < -0.3 is 15.2 Å². The van der Waals surface area contributed by atoms with Crippen molar-refractivity contribution < 1.29 is 14.6 Å². The molecule has 0 unspecified atom stereocenters. The number of esters is 1. The molecule has 1 aromatic carbocycles. The molecule has 0 saturated carbocycles. The van der Waals surface area contributed by atoms with Gasteiger partial charge in [0.1, 0.15) is 11.8 Å². The number of benzene rings is 1. The van der Waals surface area contributed by atoms with Crippen molar-refractivity contribution in [3.63, 3.8) is 0 Å². The van der Waals surface area contributed by atoms with Gasteiger partial charge in [0.2, 0.25) is 0 Å². The van der Waals surface area contributed by atoms with Crippen LogP contribution < -0.4 is 5.32 Å². The molecule has 1 aliphatic rings. The first-order chi connectivity index (χ1) is 7.72. The molecule has 1 aromatic rings. The van der Waals surface area contributed by atoms with Crippen molar-refractivity contribution in [2.75, 3.05) is 13.2 Å². The van der Waals surface area contributed by atoms with Gasteiger partial charge in [-0.3, -0.25) is 0 Å². The topological polar surface area (TPSA) is 58.6 Å². The Kier molecular flexibility index (Phi) is 3.10. The summed E-state index contributed by atoms with van der Waals surface area (Å²) >= 11 is 0. The van der Waals surface area contributed by atoms with Gasteiger partial charge in [-0.1, -0.05) is 6.07 Å². The highest BCUT2D eigenvalue weighted by atomic mass is 16.5. The maximum atomic E-state index is 11.7. The second-order valence-electron chi connectivity index (χ2n) is 3.77. The maximum absolute atomic E-state index is 11.7. The number of carbonyl (C=O) groups excluding carboxylic acids is 1. The zero-order valence-electron chi connectivity index (χ0n) is 9.19. The molecule has 0 amide bonds. The van der Waals surface area contributed by atoms with E-state index >= 15 is 0 Å². The highest BCUT2D eigenvalue weighted by Crippen LogP contribution is 2.26. The molecule has 0 fully saturated rings. The number of fused-ring (bicyclic) bond motifs is 1. The summed E-state index contributed by atoms with van der Waals surface area (Å²) in [6.07, 6.45) is 0.819. The van der Waals surface area contributed by atoms with Crippen molar-refractivity contribution in [3.05, 3.63) is 29.3 Å². The molecule has 1 heterocycles. The summed E-state index contributed by atoms with van der Waals surface area (Å²) in [6.45, 7) is 2.89. The van der Waals surface area contributed by atoms with Crippen molar-refractivity contribution in [1.29, 1.82) is 0 Å². The molecule has 0 saturated heterocycles. The normalized spacial score (nSPS) is 18.9. The Hall–Kier alpha value is -1.55. The minimum absolute atomic E-state index is 0.239. The number of phenolic OH excluding ortho intramolecular Hbond substituents is 1. The lowest BCUT2D eigenvalue weighted by molar-refractivity contribution is -0.146. The number of phenols is 1. The first kappa shape index (κ1) is 11.0. The van der Waals surface area contributed by atoms with Crippen LogP contribution in [-0.4, -0.2) is 24.2 Å². The quantitative estimate of drug-likeness (QED) is 0.735. The summed E-state index contributed by atoms with van der Waals surface area (Å²) in [5.74, 6) is -0.0163. The van der Waals surface area contributed by atoms with Crippen LogP contribution in [0.25, 0.3) is 0 Å². The van der Waals surface area contributed by atoms with E-state index in [0.29, 0.717) is 6.61 Å². The standard InChI is InChI=1S/C12H15NO3/c1-2-16-12(15)11-10-4-3-9(14)7-8(10)5-6-13-11/h3-4,7,11,13-14H,2,5-6H2,1H3/t11-/m1/s1. The minimum atomic E-state index is -0.399. The van der Waals surface area contributed by atoms with Crippen molar-refractivity contribution in [3.8, 4) is 5.75 Å². The van der Waals surface area contributed by atoms with Gasteiger partial charge in [-0.2, -0.15) is 0 Å². The molecule has 0 aromatic heterocycles. The summed E-state index contributed by atoms with van der Waals surface area (Å²) in [5.41, 5.74) is 1.92. The summed E-state index contributed by atoms with van der Waals surface area (Å²) in [6, 6.07) is 4.68. The van der Waals surface area contributed by atoms with Crippen molar-refractivity contribution >= 4 is 5.97 Å². The molecule has 0 spiro atoms. The van der Waals surface area contributed by atoms with Gasteiger partial charge in [0.05, 0.1) is 6.61 Å². The average Bonchev–Trinajstić information content (AvgIpc) is 2.28. The molecule has 2 rings (SSSR count). The molecule has 1 atom stereocenters. The highest BCUT2D eigenvalue weighted by molar-refractivity contribution is 5.78. The van der Waals surface area contributed by atoms with Crippen LogP contribution in [0.5, 0.6) is 5.75 Å². The molecule has 1 aliphatic heterocycles. The highest BCUT2D eigenvalue weighted by Gasteiger charge is 2.27. The van der Waals surface area contributed by atoms with Crippen LogP contribution in [-0.2, 0) is 16.0 Å². The van der Waals surface area contributed by atoms with Gasteiger partial charge in [-0.05, 0) is 36.6 Å². The van der Waals surface area contributed by atoms with Crippen LogP contribution in [0.3, 0.4) is 0 Å². The van der Waals surface area contributed by atoms with Crippen LogP contribution in [0.1, 0.15) is 24.1 Å². The molecule has 16 heavy (non-hydrogen) atoms. The van der Waals surface area contributed by atoms with E-state index in [9.17, 15) is 9.90 Å². The van der Waals surface area contributed by atoms with Crippen LogP contribution in [0.15, 0.2) is 18.2 Å². The van der Waals surface area contributed by atoms with Crippen LogP contribution in [0.4, 0.5) is 0 Å². The fraction of sp³-hybridized carbons (Fsp3) is 0.417. The Morgan fingerprint density at radius 2 is 2.44 bits per heavy atom. The molecular weight excluding hydrogens is 206 g/mol. The van der Waals surface area contributed by atoms with Crippen LogP contribution in [0, 0.1) is 0 Å². The van der Waals surface area contributed by atoms with E-state index in [0.717, 1.165) is 24.1 Å². The van der Waals surface area contributed by atoms with Crippen molar-refractivity contribution in [2.45, 2.75) is 19.4 Å². The van der Waals surface area contributed by atoms with E-state index in [2.05, 4.69) is 5.32 Å². The predicted molar refractivity (Wildman–Crippen MR) is 59.2 cm³/mol. The summed E-state index contributed by atoms with van der Waals surface area (Å²) in [7, 11) is 0. The van der Waals surface area contributed by atoms with Gasteiger partial charge in [-0.15, -0.1) is 0 Å². The lowest BCUT2D eigenvalue weighted by atomic mass is 9.94. The average molecular weight is 221 g/mol. The summed E-state index contributed by atoms with van der Waals surface area (Å²) in [5, 5.41) is 12.5. The number of aromatic hydroxyl groups is 1. The lowest BCUT2D eigenvalue weighted by Crippen LogP contribution is -2.36. The third kappa shape index (κ3) is 2.02. The van der Waals surface area contributed by atoms with E-state index in [1.165, 1.54) is 0 Å². The molecular formula is C12H15NO3. The van der Waals surface area contributed by atoms with Gasteiger partial charge >= 0.3 is 5.97 Å². The number of carbonyl (C=O) groups is 1. The van der Waals surface area contributed by atoms with E-state index in [1.54, 1.807) is 25.1 Å². The first-order valence-electron chi connectivity index (χ1n) is 5.44. The molecule has 0 bridgehead atoms. The van der Waals surface area contributed by atoms with Crippen molar-refractivity contribution in [2.24, 2.45) is 0 Å². The molecule has 86 valence electrons. The van der Waals surface area contributed by atoms with E-state index in [-0.39, 0.29) is 11.7 Å². The monoisotopic (exact) mass is 221 g/mol. The van der Waals surface area contributed by atoms with Crippen LogP contribution >= 0.6 is 0 Å². The lowest BCUT2D eigenvalue weighted by Gasteiger charge is -2.25. The number of ether oxygens (including phenoxy) is 1. The smallest absolute Gasteiger partial charge is 0.327 e. The second kappa shape index (κ2) is 4.53.